The highest BCUT2D eigenvalue weighted by Crippen LogP contribution is 2.34. The quantitative estimate of drug-likeness (QED) is 0.733. The summed E-state index contributed by atoms with van der Waals surface area (Å²) in [5.41, 5.74) is 1.23. The molecule has 122 valence electrons. The molecule has 0 N–H and O–H groups in total. The number of aryl methyl sites for hydroxylation is 1. The molecule has 2 aromatic heterocycles. The Labute approximate surface area is 141 Å². The van der Waals surface area contributed by atoms with Crippen molar-refractivity contribution in [2.45, 2.75) is 32.2 Å². The van der Waals surface area contributed by atoms with Gasteiger partial charge in [0.1, 0.15) is 23.4 Å². The summed E-state index contributed by atoms with van der Waals surface area (Å²) in [7, 11) is 0. The van der Waals surface area contributed by atoms with Crippen molar-refractivity contribution < 1.29 is 4.42 Å². The van der Waals surface area contributed by atoms with Crippen molar-refractivity contribution in [3.8, 4) is 0 Å². The van der Waals surface area contributed by atoms with E-state index in [-0.39, 0.29) is 6.04 Å². The van der Waals surface area contributed by atoms with E-state index in [9.17, 15) is 0 Å². The van der Waals surface area contributed by atoms with Crippen LogP contribution < -0.4 is 4.90 Å². The Bertz CT molecular complexity index is 815. The Morgan fingerprint density at radius 2 is 2.04 bits per heavy atom. The van der Waals surface area contributed by atoms with Crippen molar-refractivity contribution in [3.63, 3.8) is 0 Å². The molecule has 0 radical (unpaired) electrons. The van der Waals surface area contributed by atoms with Gasteiger partial charge in [-0.15, -0.1) is 0 Å². The first-order valence-corrected chi connectivity index (χ1v) is 8.34. The topological polar surface area (TPSA) is 55.1 Å². The van der Waals surface area contributed by atoms with E-state index in [1.165, 1.54) is 5.56 Å². The molecule has 3 heterocycles. The third-order valence-electron chi connectivity index (χ3n) is 4.39. The van der Waals surface area contributed by atoms with E-state index in [0.29, 0.717) is 0 Å². The van der Waals surface area contributed by atoms with Gasteiger partial charge in [0.25, 0.3) is 0 Å². The minimum atomic E-state index is 0.156. The molecule has 3 aromatic rings. The van der Waals surface area contributed by atoms with Gasteiger partial charge in [-0.25, -0.2) is 15.0 Å². The van der Waals surface area contributed by atoms with Crippen LogP contribution in [0.3, 0.4) is 0 Å². The Morgan fingerprint density at radius 1 is 1.17 bits per heavy atom. The summed E-state index contributed by atoms with van der Waals surface area (Å²) in [5, 5.41) is 0. The zero-order valence-electron chi connectivity index (χ0n) is 13.7. The van der Waals surface area contributed by atoms with E-state index < -0.39 is 0 Å². The molecule has 0 amide bonds. The number of aromatic nitrogens is 3. The first kappa shape index (κ1) is 14.9. The molecule has 1 aromatic carbocycles. The Morgan fingerprint density at radius 3 is 2.88 bits per heavy atom. The summed E-state index contributed by atoms with van der Waals surface area (Å²) in [6, 6.07) is 12.4. The van der Waals surface area contributed by atoms with E-state index in [2.05, 4.69) is 32.0 Å². The van der Waals surface area contributed by atoms with Crippen LogP contribution in [0.2, 0.25) is 0 Å². The molecule has 0 bridgehead atoms. The summed E-state index contributed by atoms with van der Waals surface area (Å²) < 4.78 is 6.06. The molecule has 0 spiro atoms. The van der Waals surface area contributed by atoms with Gasteiger partial charge in [-0.3, -0.25) is 0 Å². The minimum Gasteiger partial charge on any atom is -0.443 e. The molecule has 1 saturated heterocycles. The fourth-order valence-electron chi connectivity index (χ4n) is 3.26. The van der Waals surface area contributed by atoms with Gasteiger partial charge >= 0.3 is 0 Å². The molecule has 24 heavy (non-hydrogen) atoms. The molecule has 0 aliphatic carbocycles. The van der Waals surface area contributed by atoms with Crippen LogP contribution in [0.15, 0.2) is 53.2 Å². The van der Waals surface area contributed by atoms with E-state index in [1.807, 2.05) is 43.6 Å². The lowest BCUT2D eigenvalue weighted by Gasteiger charge is -2.23. The van der Waals surface area contributed by atoms with E-state index in [0.717, 1.165) is 49.1 Å². The molecule has 0 saturated carbocycles. The van der Waals surface area contributed by atoms with Crippen LogP contribution in [-0.2, 0) is 6.42 Å². The average molecular weight is 320 g/mol. The molecule has 1 aliphatic rings. The normalized spacial score (nSPS) is 17.4. The fraction of sp³-hybridized carbons (Fsp3) is 0.316. The lowest BCUT2D eigenvalue weighted by Crippen LogP contribution is -2.24. The van der Waals surface area contributed by atoms with Crippen LogP contribution in [0.4, 0.5) is 5.82 Å². The molecule has 5 heteroatoms. The van der Waals surface area contributed by atoms with Gasteiger partial charge in [-0.1, -0.05) is 30.3 Å². The first-order valence-electron chi connectivity index (χ1n) is 8.34. The average Bonchev–Trinajstić information content (AvgIpc) is 3.24. The van der Waals surface area contributed by atoms with E-state index in [1.54, 1.807) is 0 Å². The number of nitrogens with zero attached hydrogens (tertiary/aromatic N) is 4. The molecule has 1 fully saturated rings. The highest BCUT2D eigenvalue weighted by Gasteiger charge is 2.31. The van der Waals surface area contributed by atoms with Crippen molar-refractivity contribution in [2.75, 3.05) is 11.4 Å². The Balaban J connectivity index is 1.55. The van der Waals surface area contributed by atoms with Gasteiger partial charge in [0.05, 0.1) is 6.20 Å². The minimum absolute atomic E-state index is 0.156. The Kier molecular flexibility index (Phi) is 3.99. The lowest BCUT2D eigenvalue weighted by atomic mass is 10.1. The van der Waals surface area contributed by atoms with Crippen LogP contribution in [-0.4, -0.2) is 21.5 Å². The van der Waals surface area contributed by atoms with Gasteiger partial charge in [0.15, 0.2) is 0 Å². The zero-order chi connectivity index (χ0) is 16.4. The second-order valence-corrected chi connectivity index (χ2v) is 6.14. The van der Waals surface area contributed by atoms with Gasteiger partial charge in [0, 0.05) is 19.2 Å². The number of rotatable bonds is 4. The predicted octanol–water partition coefficient (Wildman–Crippen LogP) is 3.71. The largest absolute Gasteiger partial charge is 0.443 e. The van der Waals surface area contributed by atoms with E-state index in [4.69, 9.17) is 4.42 Å². The third-order valence-corrected chi connectivity index (χ3v) is 4.39. The summed E-state index contributed by atoms with van der Waals surface area (Å²) in [6.07, 6.45) is 6.58. The summed E-state index contributed by atoms with van der Waals surface area (Å²) in [4.78, 5) is 15.5. The molecular weight excluding hydrogens is 300 g/mol. The number of hydrogen-bond acceptors (Lipinski definition) is 5. The number of hydrogen-bond donors (Lipinski definition) is 0. The molecule has 4 rings (SSSR count). The number of oxazole rings is 1. The molecule has 1 aliphatic heterocycles. The maximum atomic E-state index is 6.06. The lowest BCUT2D eigenvalue weighted by molar-refractivity contribution is 0.424. The molecular formula is C19H20N4O. The SMILES string of the molecule is Cc1nccc(N2CCCC2c2ncc(Cc3ccccc3)o2)n1. The van der Waals surface area contributed by atoms with E-state index >= 15 is 0 Å². The van der Waals surface area contributed by atoms with Crippen molar-refractivity contribution >= 4 is 5.82 Å². The fourth-order valence-corrected chi connectivity index (χ4v) is 3.26. The second-order valence-electron chi connectivity index (χ2n) is 6.14. The number of benzene rings is 1. The van der Waals surface area contributed by atoms with Crippen LogP contribution >= 0.6 is 0 Å². The van der Waals surface area contributed by atoms with Crippen LogP contribution in [0.5, 0.6) is 0 Å². The summed E-state index contributed by atoms with van der Waals surface area (Å²) >= 11 is 0. The zero-order valence-corrected chi connectivity index (χ0v) is 13.7. The maximum absolute atomic E-state index is 6.06. The van der Waals surface area contributed by atoms with Crippen LogP contribution in [0.25, 0.3) is 0 Å². The summed E-state index contributed by atoms with van der Waals surface area (Å²) in [5.74, 6) is 3.43. The monoisotopic (exact) mass is 320 g/mol. The third kappa shape index (κ3) is 3.02. The van der Waals surface area contributed by atoms with Crippen molar-refractivity contribution in [1.82, 2.24) is 15.0 Å². The molecule has 1 unspecified atom stereocenters. The molecule has 1 atom stereocenters. The Hall–Kier alpha value is -2.69. The molecule has 5 nitrogen and oxygen atoms in total. The highest BCUT2D eigenvalue weighted by atomic mass is 16.4. The maximum Gasteiger partial charge on any atom is 0.217 e. The van der Waals surface area contributed by atoms with Crippen molar-refractivity contribution in [1.29, 1.82) is 0 Å². The van der Waals surface area contributed by atoms with Gasteiger partial charge in [-0.05, 0) is 31.4 Å². The highest BCUT2D eigenvalue weighted by molar-refractivity contribution is 5.41. The van der Waals surface area contributed by atoms with Gasteiger partial charge in [-0.2, -0.15) is 0 Å². The predicted molar refractivity (Wildman–Crippen MR) is 91.8 cm³/mol. The second kappa shape index (κ2) is 6.43. The van der Waals surface area contributed by atoms with Crippen LogP contribution in [0, 0.1) is 6.92 Å². The number of anilines is 1. The first-order chi connectivity index (χ1) is 11.8. The van der Waals surface area contributed by atoms with Crippen molar-refractivity contribution in [3.05, 3.63) is 71.8 Å². The summed E-state index contributed by atoms with van der Waals surface area (Å²) in [6.45, 7) is 2.88. The van der Waals surface area contributed by atoms with Gasteiger partial charge in [0.2, 0.25) is 5.89 Å². The van der Waals surface area contributed by atoms with Crippen molar-refractivity contribution in [2.24, 2.45) is 0 Å². The van der Waals surface area contributed by atoms with Gasteiger partial charge < -0.3 is 9.32 Å². The van der Waals surface area contributed by atoms with Crippen LogP contribution in [0.1, 0.15) is 41.9 Å². The smallest absolute Gasteiger partial charge is 0.217 e. The standard InChI is InChI=1S/C19H20N4O/c1-14-20-10-9-18(22-14)23-11-5-8-17(23)19-21-13-16(24-19)12-15-6-3-2-4-7-15/h2-4,6-7,9-10,13,17H,5,8,11-12H2,1H3.